The molecule has 4 atom stereocenters. The lowest BCUT2D eigenvalue weighted by molar-refractivity contribution is -0.172. The largest absolute Gasteiger partial charge is 0.507 e. The van der Waals surface area contributed by atoms with Crippen molar-refractivity contribution < 1.29 is 53.5 Å². The lowest BCUT2D eigenvalue weighted by Gasteiger charge is -2.52. The van der Waals surface area contributed by atoms with Gasteiger partial charge >= 0.3 is 11.9 Å². The highest BCUT2D eigenvalue weighted by Gasteiger charge is 2.71. The number of hydrogen-bond acceptors (Lipinski definition) is 12. The second kappa shape index (κ2) is 9.02. The maximum atomic E-state index is 14.3. The van der Waals surface area contributed by atoms with Gasteiger partial charge in [-0.15, -0.1) is 0 Å². The Hall–Kier alpha value is -5.49. The summed E-state index contributed by atoms with van der Waals surface area (Å²) < 4.78 is 16.4. The molecule has 228 valence electrons. The molecule has 4 N–H and O–H groups in total. The Morgan fingerprint density at radius 3 is 2.42 bits per heavy atom. The van der Waals surface area contributed by atoms with Gasteiger partial charge in [-0.25, -0.2) is 4.79 Å². The number of benzene rings is 3. The number of ether oxygens (including phenoxy) is 2. The average molecular weight is 613 g/mol. The lowest BCUT2D eigenvalue weighted by Crippen LogP contribution is -2.66. The molecular weight excluding hydrogens is 588 g/mol. The zero-order valence-electron chi connectivity index (χ0n) is 24.0. The Kier molecular flexibility index (Phi) is 5.67. The first-order valence-corrected chi connectivity index (χ1v) is 13.8. The summed E-state index contributed by atoms with van der Waals surface area (Å²) in [4.78, 5) is 67.3. The molecule has 0 amide bonds. The number of hydrogen-bond donors (Lipinski definition) is 4. The number of phenols is 3. The molecule has 4 aromatic rings. The maximum absolute atomic E-state index is 14.3. The van der Waals surface area contributed by atoms with Gasteiger partial charge in [-0.1, -0.05) is 18.2 Å². The van der Waals surface area contributed by atoms with Crippen molar-refractivity contribution in [2.75, 3.05) is 7.11 Å². The second-order valence-corrected chi connectivity index (χ2v) is 11.6. The molecule has 2 bridgehead atoms. The number of aromatic hydroxyl groups is 3. The van der Waals surface area contributed by atoms with E-state index in [9.17, 15) is 44.4 Å². The highest BCUT2D eigenvalue weighted by molar-refractivity contribution is 6.24. The molecular formula is C33H24O12. The molecule has 0 saturated heterocycles. The summed E-state index contributed by atoms with van der Waals surface area (Å²) in [6.07, 6.45) is 1.00. The maximum Gasteiger partial charge on any atom is 0.342 e. The van der Waals surface area contributed by atoms with E-state index < -0.39 is 80.2 Å². The molecule has 0 aliphatic heterocycles. The van der Waals surface area contributed by atoms with E-state index >= 15 is 0 Å². The van der Waals surface area contributed by atoms with Crippen LogP contribution < -0.4 is 5.43 Å². The topological polar surface area (TPSA) is 198 Å². The number of carbonyl (C=O) groups is 4. The Labute approximate surface area is 252 Å². The van der Waals surface area contributed by atoms with Crippen LogP contribution >= 0.6 is 0 Å². The smallest absolute Gasteiger partial charge is 0.342 e. The third kappa shape index (κ3) is 3.37. The van der Waals surface area contributed by atoms with E-state index in [-0.39, 0.29) is 45.2 Å². The fourth-order valence-electron chi connectivity index (χ4n) is 7.33. The number of aryl methyl sites for hydroxylation is 1. The molecule has 8 rings (SSSR count). The van der Waals surface area contributed by atoms with Gasteiger partial charge in [0.1, 0.15) is 45.5 Å². The van der Waals surface area contributed by atoms with Crippen LogP contribution in [0.25, 0.3) is 21.9 Å². The molecule has 0 saturated carbocycles. The summed E-state index contributed by atoms with van der Waals surface area (Å²) in [5, 5.41) is 44.4. The van der Waals surface area contributed by atoms with Gasteiger partial charge in [0.25, 0.3) is 0 Å². The molecule has 1 heterocycles. The standard InChI is InChI=1S/C33H24O12/c1-12-8-16-22(18(36)9-12)29(40)33(42)28(39)15-6-7-32(33,30(16)44-13(2)34)11-14-10-20-25(26(37)21(14)15)27(38)24-19(45-20)5-4-17(35)23(24)31(41)43-3/h4-10,15,30,35-37,42H,11H2,1-3H3/t15-,30-,32+,33-/m0/s1. The number of carbonyl (C=O) groups excluding carboxylic acids is 4. The van der Waals surface area contributed by atoms with E-state index in [1.165, 1.54) is 36.4 Å². The molecule has 12 heteroatoms. The predicted octanol–water partition coefficient (Wildman–Crippen LogP) is 3.15. The van der Waals surface area contributed by atoms with Crippen molar-refractivity contribution in [3.63, 3.8) is 0 Å². The number of phenolic OH excluding ortho intramolecular Hbond substituents is 3. The van der Waals surface area contributed by atoms with Crippen molar-refractivity contribution in [3.8, 4) is 17.2 Å². The number of aliphatic hydroxyl groups is 1. The van der Waals surface area contributed by atoms with Crippen molar-refractivity contribution in [1.82, 2.24) is 0 Å². The van der Waals surface area contributed by atoms with Gasteiger partial charge in [0.15, 0.2) is 11.4 Å². The number of esters is 2. The summed E-state index contributed by atoms with van der Waals surface area (Å²) in [6, 6.07) is 6.60. The van der Waals surface area contributed by atoms with Crippen molar-refractivity contribution in [1.29, 1.82) is 0 Å². The fraction of sp³-hybridized carbons (Fsp3) is 0.242. The monoisotopic (exact) mass is 612 g/mol. The molecule has 45 heavy (non-hydrogen) atoms. The van der Waals surface area contributed by atoms with Crippen molar-refractivity contribution in [3.05, 3.63) is 86.1 Å². The second-order valence-electron chi connectivity index (χ2n) is 11.6. The van der Waals surface area contributed by atoms with Crippen LogP contribution in [-0.2, 0) is 25.5 Å². The molecule has 4 aliphatic rings. The first-order valence-electron chi connectivity index (χ1n) is 13.8. The first kappa shape index (κ1) is 28.3. The van der Waals surface area contributed by atoms with Crippen LogP contribution in [0.2, 0.25) is 0 Å². The molecule has 1 aromatic heterocycles. The normalized spacial score (nSPS) is 24.6. The van der Waals surface area contributed by atoms with Gasteiger partial charge in [0, 0.05) is 18.1 Å². The van der Waals surface area contributed by atoms with Crippen LogP contribution in [-0.4, -0.2) is 56.6 Å². The Morgan fingerprint density at radius 2 is 1.73 bits per heavy atom. The van der Waals surface area contributed by atoms with Crippen LogP contribution in [0.4, 0.5) is 0 Å². The van der Waals surface area contributed by atoms with Gasteiger partial charge in [-0.05, 0) is 48.7 Å². The number of ketones is 2. The van der Waals surface area contributed by atoms with Crippen molar-refractivity contribution >= 4 is 45.4 Å². The minimum absolute atomic E-state index is 0.0920. The van der Waals surface area contributed by atoms with E-state index in [0.29, 0.717) is 5.56 Å². The number of rotatable bonds is 2. The zero-order valence-corrected chi connectivity index (χ0v) is 24.0. The third-order valence-corrected chi connectivity index (χ3v) is 9.17. The number of allylic oxidation sites excluding steroid dienone is 1. The SMILES string of the molecule is COC(=O)c1c(O)ccc2oc3cc4c(c(O)c3c(=O)c12)[C@@H]1C=C[C@@]2(C4)[C@@H](OC(C)=O)c3cc(C)cc(O)c3C(=O)[C@@]2(O)C1=O. The summed E-state index contributed by atoms with van der Waals surface area (Å²) in [5.41, 5.74) is -6.11. The molecule has 4 aliphatic carbocycles. The summed E-state index contributed by atoms with van der Waals surface area (Å²) in [6.45, 7) is 2.78. The average Bonchev–Trinajstić information content (AvgIpc) is 3.19. The summed E-state index contributed by atoms with van der Waals surface area (Å²) in [5.74, 6) is -7.22. The molecule has 3 aromatic carbocycles. The van der Waals surface area contributed by atoms with E-state index in [1.807, 2.05) is 0 Å². The first-order chi connectivity index (χ1) is 21.3. The van der Waals surface area contributed by atoms with E-state index in [2.05, 4.69) is 0 Å². The Bertz CT molecular complexity index is 2190. The number of methoxy groups -OCH3 is 1. The van der Waals surface area contributed by atoms with Crippen LogP contribution in [0.3, 0.4) is 0 Å². The fourth-order valence-corrected chi connectivity index (χ4v) is 7.33. The van der Waals surface area contributed by atoms with Crippen LogP contribution in [0.15, 0.2) is 51.7 Å². The molecule has 0 radical (unpaired) electrons. The van der Waals surface area contributed by atoms with E-state index in [1.54, 1.807) is 6.92 Å². The van der Waals surface area contributed by atoms with E-state index in [0.717, 1.165) is 20.1 Å². The molecule has 0 fully saturated rings. The van der Waals surface area contributed by atoms with Gasteiger partial charge in [-0.3, -0.25) is 19.2 Å². The highest BCUT2D eigenvalue weighted by Crippen LogP contribution is 2.62. The van der Waals surface area contributed by atoms with Gasteiger partial charge in [0.2, 0.25) is 11.2 Å². The van der Waals surface area contributed by atoms with Gasteiger partial charge in [-0.2, -0.15) is 0 Å². The molecule has 1 spiro atoms. The Balaban J connectivity index is 1.57. The van der Waals surface area contributed by atoms with Crippen molar-refractivity contribution in [2.45, 2.75) is 37.9 Å². The summed E-state index contributed by atoms with van der Waals surface area (Å²) >= 11 is 0. The molecule has 0 unspecified atom stereocenters. The zero-order chi connectivity index (χ0) is 32.3. The highest BCUT2D eigenvalue weighted by atomic mass is 16.5. The number of Topliss-reactive ketones (excluding diaryl/α,β-unsaturated/α-hetero) is 2. The van der Waals surface area contributed by atoms with Gasteiger partial charge in [0.05, 0.1) is 29.4 Å². The van der Waals surface area contributed by atoms with Crippen LogP contribution in [0.1, 0.15) is 61.9 Å². The Morgan fingerprint density at radius 1 is 1.00 bits per heavy atom. The van der Waals surface area contributed by atoms with Crippen LogP contribution in [0, 0.1) is 12.3 Å². The van der Waals surface area contributed by atoms with Gasteiger partial charge < -0.3 is 34.3 Å². The predicted molar refractivity (Wildman–Crippen MR) is 154 cm³/mol. The molecule has 12 nitrogen and oxygen atoms in total. The minimum Gasteiger partial charge on any atom is -0.507 e. The van der Waals surface area contributed by atoms with E-state index in [4.69, 9.17) is 13.9 Å². The van der Waals surface area contributed by atoms with Crippen LogP contribution in [0.5, 0.6) is 17.2 Å². The third-order valence-electron chi connectivity index (χ3n) is 9.17. The minimum atomic E-state index is -2.87. The quantitative estimate of drug-likeness (QED) is 0.112. The van der Waals surface area contributed by atoms with Crippen molar-refractivity contribution in [2.24, 2.45) is 5.41 Å². The lowest BCUT2D eigenvalue weighted by atomic mass is 9.53. The number of fused-ring (bicyclic) bond motifs is 3. The summed E-state index contributed by atoms with van der Waals surface area (Å²) in [7, 11) is 1.06.